The van der Waals surface area contributed by atoms with Gasteiger partial charge in [0.15, 0.2) is 0 Å². The Morgan fingerprint density at radius 2 is 1.85 bits per heavy atom. The first kappa shape index (κ1) is 28.4. The van der Waals surface area contributed by atoms with E-state index in [2.05, 4.69) is 15.4 Å². The number of aliphatic hydroxyl groups excluding tert-OH is 1. The summed E-state index contributed by atoms with van der Waals surface area (Å²) in [7, 11) is 1.16. The monoisotopic (exact) mass is 476 g/mol. The number of amides is 3. The van der Waals surface area contributed by atoms with Gasteiger partial charge >= 0.3 is 12.1 Å². The Morgan fingerprint density at radius 1 is 1.21 bits per heavy atom. The lowest BCUT2D eigenvalue weighted by Gasteiger charge is -2.33. The zero-order valence-corrected chi connectivity index (χ0v) is 20.3. The number of esters is 1. The number of alkyl carbamates (subject to hydrolysis) is 1. The second-order valence-corrected chi connectivity index (χ2v) is 8.56. The van der Waals surface area contributed by atoms with Crippen molar-refractivity contribution >= 4 is 23.9 Å². The van der Waals surface area contributed by atoms with E-state index in [4.69, 9.17) is 4.74 Å². The van der Waals surface area contributed by atoms with Crippen molar-refractivity contribution in [2.24, 2.45) is 0 Å². The van der Waals surface area contributed by atoms with E-state index in [1.807, 2.05) is 13.0 Å². The second-order valence-electron chi connectivity index (χ2n) is 8.56. The van der Waals surface area contributed by atoms with Crippen molar-refractivity contribution in [3.63, 3.8) is 0 Å². The maximum Gasteiger partial charge on any atom is 0.408 e. The van der Waals surface area contributed by atoms with Crippen molar-refractivity contribution < 1.29 is 33.8 Å². The lowest BCUT2D eigenvalue weighted by atomic mass is 9.96. The Kier molecular flexibility index (Phi) is 10.5. The number of aliphatic hydroxyl groups is 1. The Morgan fingerprint density at radius 3 is 2.35 bits per heavy atom. The van der Waals surface area contributed by atoms with E-state index in [1.165, 1.54) is 0 Å². The van der Waals surface area contributed by atoms with Crippen LogP contribution in [0.3, 0.4) is 0 Å². The molecule has 0 saturated carbocycles. The van der Waals surface area contributed by atoms with Crippen LogP contribution in [0.1, 0.15) is 43.5 Å². The van der Waals surface area contributed by atoms with Crippen molar-refractivity contribution in [3.8, 4) is 6.07 Å². The Bertz CT molecular complexity index is 950. The first-order valence-corrected chi connectivity index (χ1v) is 10.5. The first-order valence-electron chi connectivity index (χ1n) is 10.5. The summed E-state index contributed by atoms with van der Waals surface area (Å²) < 4.78 is 9.67. The third-order valence-electron chi connectivity index (χ3n) is 4.61. The number of benzene rings is 1. The Labute approximate surface area is 199 Å². The summed E-state index contributed by atoms with van der Waals surface area (Å²) in [6.07, 6.45) is -0.949. The van der Waals surface area contributed by atoms with Crippen molar-refractivity contribution in [2.75, 3.05) is 26.8 Å². The molecule has 3 amide bonds. The molecule has 11 nitrogen and oxygen atoms in total. The van der Waals surface area contributed by atoms with Crippen molar-refractivity contribution in [3.05, 3.63) is 34.9 Å². The highest BCUT2D eigenvalue weighted by Crippen LogP contribution is 2.26. The standard InChI is InChI=1S/C23H32N4O7/c1-14-7-8-16(15(2)11-14)19(20(30)25-12-18(29)33-6)27(10-9-24)21(31)17(13-28)26-22(32)34-23(3,4)5/h7-8,11,17,19,28H,10,12-13H2,1-6H3,(H,25,30)(H,26,32). The third-order valence-corrected chi connectivity index (χ3v) is 4.61. The molecule has 0 heterocycles. The van der Waals surface area contributed by atoms with E-state index in [-0.39, 0.29) is 0 Å². The normalized spacial score (nSPS) is 12.5. The summed E-state index contributed by atoms with van der Waals surface area (Å²) in [5, 5.41) is 23.9. The van der Waals surface area contributed by atoms with Gasteiger partial charge in [0.25, 0.3) is 0 Å². The maximum atomic E-state index is 13.3. The number of hydrogen-bond acceptors (Lipinski definition) is 8. The van der Waals surface area contributed by atoms with Gasteiger partial charge < -0.3 is 30.1 Å². The third kappa shape index (κ3) is 8.37. The molecule has 34 heavy (non-hydrogen) atoms. The van der Waals surface area contributed by atoms with Crippen molar-refractivity contribution in [1.29, 1.82) is 5.26 Å². The highest BCUT2D eigenvalue weighted by molar-refractivity contribution is 5.93. The molecule has 186 valence electrons. The predicted octanol–water partition coefficient (Wildman–Crippen LogP) is 0.872. The molecule has 0 aromatic heterocycles. The van der Waals surface area contributed by atoms with E-state index in [0.29, 0.717) is 11.1 Å². The SMILES string of the molecule is COC(=O)CNC(=O)C(c1ccc(C)cc1C)N(CC#N)C(=O)C(CO)NC(=O)OC(C)(C)C. The van der Waals surface area contributed by atoms with Gasteiger partial charge in [-0.25, -0.2) is 4.79 Å². The minimum atomic E-state index is -1.48. The molecule has 0 bridgehead atoms. The molecule has 2 unspecified atom stereocenters. The number of aryl methyl sites for hydroxylation is 2. The molecule has 1 aromatic carbocycles. The lowest BCUT2D eigenvalue weighted by Crippen LogP contribution is -2.54. The van der Waals surface area contributed by atoms with Crippen LogP contribution >= 0.6 is 0 Å². The van der Waals surface area contributed by atoms with Crippen LogP contribution in [0.5, 0.6) is 0 Å². The van der Waals surface area contributed by atoms with Gasteiger partial charge in [-0.1, -0.05) is 23.8 Å². The molecule has 0 fully saturated rings. The predicted molar refractivity (Wildman–Crippen MR) is 121 cm³/mol. The highest BCUT2D eigenvalue weighted by atomic mass is 16.6. The fraction of sp³-hybridized carbons (Fsp3) is 0.522. The molecule has 1 rings (SSSR count). The summed E-state index contributed by atoms with van der Waals surface area (Å²) in [4.78, 5) is 51.1. The highest BCUT2D eigenvalue weighted by Gasteiger charge is 2.36. The van der Waals surface area contributed by atoms with Crippen molar-refractivity contribution in [1.82, 2.24) is 15.5 Å². The quantitative estimate of drug-likeness (QED) is 0.350. The zero-order valence-electron chi connectivity index (χ0n) is 20.3. The number of nitriles is 1. The topological polar surface area (TPSA) is 158 Å². The summed E-state index contributed by atoms with van der Waals surface area (Å²) in [6.45, 7) is 6.70. The minimum Gasteiger partial charge on any atom is -0.468 e. The van der Waals surface area contributed by atoms with Gasteiger partial charge in [0.1, 0.15) is 30.8 Å². The average molecular weight is 477 g/mol. The number of hydrogen-bond donors (Lipinski definition) is 3. The molecule has 0 aliphatic rings. The molecular formula is C23H32N4O7. The van der Waals surface area contributed by atoms with E-state index >= 15 is 0 Å². The van der Waals surface area contributed by atoms with Crippen LogP contribution < -0.4 is 10.6 Å². The Balaban J connectivity index is 3.39. The summed E-state index contributed by atoms with van der Waals surface area (Å²) >= 11 is 0. The van der Waals surface area contributed by atoms with Gasteiger partial charge in [0, 0.05) is 0 Å². The molecule has 0 aliphatic heterocycles. The molecule has 0 radical (unpaired) electrons. The van der Waals surface area contributed by atoms with Crippen LogP contribution in [0, 0.1) is 25.2 Å². The molecule has 3 N–H and O–H groups in total. The van der Waals surface area contributed by atoms with Crippen LogP contribution in [0.2, 0.25) is 0 Å². The fourth-order valence-corrected chi connectivity index (χ4v) is 3.12. The summed E-state index contributed by atoms with van der Waals surface area (Å²) in [5.74, 6) is -2.33. The van der Waals surface area contributed by atoms with E-state index in [0.717, 1.165) is 17.6 Å². The van der Waals surface area contributed by atoms with Crippen LogP contribution in [0.15, 0.2) is 18.2 Å². The largest absolute Gasteiger partial charge is 0.468 e. The molecule has 1 aromatic rings. The zero-order chi connectivity index (χ0) is 26.1. The molecule has 0 aliphatic carbocycles. The number of methoxy groups -OCH3 is 1. The van der Waals surface area contributed by atoms with Crippen LogP contribution in [0.25, 0.3) is 0 Å². The first-order chi connectivity index (χ1) is 15.8. The van der Waals surface area contributed by atoms with E-state index in [9.17, 15) is 29.5 Å². The number of nitrogens with zero attached hydrogens (tertiary/aromatic N) is 2. The van der Waals surface area contributed by atoms with Gasteiger partial charge in [0.2, 0.25) is 11.8 Å². The summed E-state index contributed by atoms with van der Waals surface area (Å²) in [6, 6.07) is 4.20. The number of carbonyl (C=O) groups excluding carboxylic acids is 4. The molecule has 0 saturated heterocycles. The number of ether oxygens (including phenoxy) is 2. The maximum absolute atomic E-state index is 13.3. The molecule has 11 heteroatoms. The molecule has 2 atom stereocenters. The van der Waals surface area contributed by atoms with Crippen LogP contribution in [-0.4, -0.2) is 72.3 Å². The lowest BCUT2D eigenvalue weighted by molar-refractivity contribution is -0.144. The van der Waals surface area contributed by atoms with E-state index in [1.54, 1.807) is 45.9 Å². The molecule has 0 spiro atoms. The number of nitrogens with one attached hydrogen (secondary N) is 2. The van der Waals surface area contributed by atoms with E-state index < -0.39 is 61.3 Å². The van der Waals surface area contributed by atoms with Gasteiger partial charge in [-0.3, -0.25) is 14.4 Å². The Hall–Kier alpha value is -3.65. The van der Waals surface area contributed by atoms with Gasteiger partial charge in [-0.05, 0) is 45.7 Å². The second kappa shape index (κ2) is 12.6. The number of rotatable bonds is 9. The number of carbonyl (C=O) groups is 4. The van der Waals surface area contributed by atoms with Gasteiger partial charge in [-0.2, -0.15) is 5.26 Å². The van der Waals surface area contributed by atoms with Crippen LogP contribution in [0.4, 0.5) is 4.79 Å². The average Bonchev–Trinajstić information content (AvgIpc) is 2.74. The fourth-order valence-electron chi connectivity index (χ4n) is 3.12. The van der Waals surface area contributed by atoms with Crippen molar-refractivity contribution in [2.45, 2.75) is 52.3 Å². The van der Waals surface area contributed by atoms with Gasteiger partial charge in [-0.15, -0.1) is 0 Å². The van der Waals surface area contributed by atoms with Crippen LogP contribution in [-0.2, 0) is 23.9 Å². The smallest absolute Gasteiger partial charge is 0.408 e. The molecular weight excluding hydrogens is 444 g/mol. The minimum absolute atomic E-state index is 0.408. The summed E-state index contributed by atoms with van der Waals surface area (Å²) in [5.41, 5.74) is 1.13. The van der Waals surface area contributed by atoms with Gasteiger partial charge in [0.05, 0.1) is 19.8 Å².